The second kappa shape index (κ2) is 7.87. The SMILES string of the molecule is CCn1ccnc1CNc1cc(OCC(=O)OC)c(C)cc1Cl. The number of carbonyl (C=O) groups is 1. The molecule has 1 heterocycles. The average Bonchev–Trinajstić information content (AvgIpc) is 3.00. The number of hydrogen-bond donors (Lipinski definition) is 1. The van der Waals surface area contributed by atoms with Crippen molar-refractivity contribution in [3.05, 3.63) is 40.9 Å². The molecule has 23 heavy (non-hydrogen) atoms. The molecule has 2 rings (SSSR count). The van der Waals surface area contributed by atoms with Crippen LogP contribution in [0.1, 0.15) is 18.3 Å². The predicted octanol–water partition coefficient (Wildman–Crippen LogP) is 3.03. The maximum absolute atomic E-state index is 11.2. The van der Waals surface area contributed by atoms with Crippen molar-refractivity contribution in [2.45, 2.75) is 26.9 Å². The Morgan fingerprint density at radius 2 is 2.22 bits per heavy atom. The molecule has 0 radical (unpaired) electrons. The molecule has 0 amide bonds. The molecular weight excluding hydrogens is 318 g/mol. The van der Waals surface area contributed by atoms with Crippen molar-refractivity contribution in [1.82, 2.24) is 9.55 Å². The second-order valence-corrected chi connectivity index (χ2v) is 5.35. The van der Waals surface area contributed by atoms with E-state index in [9.17, 15) is 4.79 Å². The Kier molecular flexibility index (Phi) is 5.87. The molecule has 6 nitrogen and oxygen atoms in total. The summed E-state index contributed by atoms with van der Waals surface area (Å²) in [6.07, 6.45) is 3.70. The first-order valence-corrected chi connectivity index (χ1v) is 7.66. The van der Waals surface area contributed by atoms with Gasteiger partial charge in [0.05, 0.1) is 24.4 Å². The zero-order chi connectivity index (χ0) is 16.8. The van der Waals surface area contributed by atoms with Gasteiger partial charge in [-0.15, -0.1) is 0 Å². The van der Waals surface area contributed by atoms with E-state index in [1.54, 1.807) is 18.3 Å². The van der Waals surface area contributed by atoms with Crippen LogP contribution in [0.3, 0.4) is 0 Å². The minimum absolute atomic E-state index is 0.140. The highest BCUT2D eigenvalue weighted by Crippen LogP contribution is 2.31. The van der Waals surface area contributed by atoms with Crippen LogP contribution in [0, 0.1) is 6.92 Å². The first kappa shape index (κ1) is 17.1. The van der Waals surface area contributed by atoms with E-state index < -0.39 is 5.97 Å². The van der Waals surface area contributed by atoms with Crippen molar-refractivity contribution in [2.24, 2.45) is 0 Å². The summed E-state index contributed by atoms with van der Waals surface area (Å²) in [5, 5.41) is 3.83. The summed E-state index contributed by atoms with van der Waals surface area (Å²) in [5.41, 5.74) is 1.57. The van der Waals surface area contributed by atoms with Crippen molar-refractivity contribution in [3.63, 3.8) is 0 Å². The highest BCUT2D eigenvalue weighted by molar-refractivity contribution is 6.33. The summed E-state index contributed by atoms with van der Waals surface area (Å²) in [4.78, 5) is 15.5. The Balaban J connectivity index is 2.10. The molecule has 0 saturated carbocycles. The third-order valence-electron chi connectivity index (χ3n) is 3.42. The number of nitrogens with zero attached hydrogens (tertiary/aromatic N) is 2. The van der Waals surface area contributed by atoms with Crippen molar-refractivity contribution in [2.75, 3.05) is 19.0 Å². The molecule has 0 fully saturated rings. The Labute approximate surface area is 140 Å². The van der Waals surface area contributed by atoms with Crippen molar-refractivity contribution >= 4 is 23.3 Å². The largest absolute Gasteiger partial charge is 0.482 e. The lowest BCUT2D eigenvalue weighted by atomic mass is 10.2. The minimum Gasteiger partial charge on any atom is -0.482 e. The van der Waals surface area contributed by atoms with Crippen molar-refractivity contribution < 1.29 is 14.3 Å². The summed E-state index contributed by atoms with van der Waals surface area (Å²) >= 11 is 6.27. The molecule has 0 aliphatic carbocycles. The van der Waals surface area contributed by atoms with Crippen LogP contribution >= 0.6 is 11.6 Å². The maximum Gasteiger partial charge on any atom is 0.343 e. The summed E-state index contributed by atoms with van der Waals surface area (Å²) in [5.74, 6) is 1.07. The Morgan fingerprint density at radius 1 is 1.43 bits per heavy atom. The Bertz CT molecular complexity index is 685. The maximum atomic E-state index is 11.2. The van der Waals surface area contributed by atoms with Gasteiger partial charge in [0, 0.05) is 25.0 Å². The minimum atomic E-state index is -0.432. The average molecular weight is 338 g/mol. The van der Waals surface area contributed by atoms with E-state index in [0.717, 1.165) is 23.6 Å². The van der Waals surface area contributed by atoms with Crippen LogP contribution in [-0.2, 0) is 22.6 Å². The molecule has 0 saturated heterocycles. The van der Waals surface area contributed by atoms with Crippen LogP contribution in [0.2, 0.25) is 5.02 Å². The highest BCUT2D eigenvalue weighted by atomic mass is 35.5. The molecule has 2 aromatic rings. The fourth-order valence-electron chi connectivity index (χ4n) is 2.11. The molecule has 1 aromatic carbocycles. The number of imidazole rings is 1. The molecule has 0 unspecified atom stereocenters. The van der Waals surface area contributed by atoms with Crippen LogP contribution in [0.4, 0.5) is 5.69 Å². The topological polar surface area (TPSA) is 65.4 Å². The number of aromatic nitrogens is 2. The van der Waals surface area contributed by atoms with Gasteiger partial charge < -0.3 is 19.4 Å². The molecule has 0 aliphatic heterocycles. The molecule has 0 bridgehead atoms. The summed E-state index contributed by atoms with van der Waals surface area (Å²) < 4.78 is 12.1. The monoisotopic (exact) mass is 337 g/mol. The first-order chi connectivity index (χ1) is 11.0. The van der Waals surface area contributed by atoms with E-state index in [0.29, 0.717) is 17.3 Å². The van der Waals surface area contributed by atoms with E-state index in [4.69, 9.17) is 16.3 Å². The third kappa shape index (κ3) is 4.39. The number of esters is 1. The van der Waals surface area contributed by atoms with Crippen LogP contribution in [0.25, 0.3) is 0 Å². The smallest absolute Gasteiger partial charge is 0.343 e. The predicted molar refractivity (Wildman–Crippen MR) is 88.9 cm³/mol. The fourth-order valence-corrected chi connectivity index (χ4v) is 2.39. The van der Waals surface area contributed by atoms with Gasteiger partial charge in [0.1, 0.15) is 11.6 Å². The number of anilines is 1. The van der Waals surface area contributed by atoms with Crippen LogP contribution in [-0.4, -0.2) is 29.2 Å². The number of benzene rings is 1. The fraction of sp³-hybridized carbons (Fsp3) is 0.375. The molecule has 0 atom stereocenters. The van der Waals surface area contributed by atoms with Gasteiger partial charge in [-0.25, -0.2) is 9.78 Å². The number of aryl methyl sites for hydroxylation is 2. The Morgan fingerprint density at radius 3 is 2.91 bits per heavy atom. The number of methoxy groups -OCH3 is 1. The standard InChI is InChI=1S/C16H20ClN3O3/c1-4-20-6-5-18-15(20)9-19-13-8-14(11(2)7-12(13)17)23-10-16(21)22-3/h5-8,19H,4,9-10H2,1-3H3. The molecular formula is C16H20ClN3O3. The number of hydrogen-bond acceptors (Lipinski definition) is 5. The third-order valence-corrected chi connectivity index (χ3v) is 3.73. The first-order valence-electron chi connectivity index (χ1n) is 7.28. The van der Waals surface area contributed by atoms with Gasteiger partial charge in [-0.1, -0.05) is 11.6 Å². The zero-order valence-electron chi connectivity index (χ0n) is 13.4. The second-order valence-electron chi connectivity index (χ2n) is 4.95. The van der Waals surface area contributed by atoms with E-state index in [-0.39, 0.29) is 6.61 Å². The van der Waals surface area contributed by atoms with Gasteiger partial charge in [0.2, 0.25) is 0 Å². The van der Waals surface area contributed by atoms with E-state index in [1.807, 2.05) is 17.7 Å². The molecule has 1 N–H and O–H groups in total. The van der Waals surface area contributed by atoms with Crippen LogP contribution in [0.5, 0.6) is 5.75 Å². The summed E-state index contributed by atoms with van der Waals surface area (Å²) in [6, 6.07) is 3.57. The van der Waals surface area contributed by atoms with Gasteiger partial charge in [0.25, 0.3) is 0 Å². The number of ether oxygens (including phenoxy) is 2. The highest BCUT2D eigenvalue weighted by Gasteiger charge is 2.10. The van der Waals surface area contributed by atoms with E-state index in [2.05, 4.69) is 22.0 Å². The van der Waals surface area contributed by atoms with Gasteiger partial charge in [-0.3, -0.25) is 0 Å². The van der Waals surface area contributed by atoms with Gasteiger partial charge in [-0.2, -0.15) is 0 Å². The molecule has 124 valence electrons. The van der Waals surface area contributed by atoms with E-state index in [1.165, 1.54) is 7.11 Å². The van der Waals surface area contributed by atoms with Gasteiger partial charge in [0.15, 0.2) is 6.61 Å². The Hall–Kier alpha value is -2.21. The molecule has 1 aromatic heterocycles. The van der Waals surface area contributed by atoms with Crippen molar-refractivity contribution in [1.29, 1.82) is 0 Å². The quantitative estimate of drug-likeness (QED) is 0.787. The van der Waals surface area contributed by atoms with Gasteiger partial charge >= 0.3 is 5.97 Å². The lowest BCUT2D eigenvalue weighted by molar-refractivity contribution is -0.142. The zero-order valence-corrected chi connectivity index (χ0v) is 14.2. The number of rotatable bonds is 7. The van der Waals surface area contributed by atoms with Crippen LogP contribution in [0.15, 0.2) is 24.5 Å². The number of nitrogens with one attached hydrogen (secondary N) is 1. The number of carbonyl (C=O) groups excluding carboxylic acids is 1. The van der Waals surface area contributed by atoms with E-state index >= 15 is 0 Å². The lowest BCUT2D eigenvalue weighted by Crippen LogP contribution is -2.13. The summed E-state index contributed by atoms with van der Waals surface area (Å²) in [6.45, 7) is 5.18. The lowest BCUT2D eigenvalue weighted by Gasteiger charge is -2.14. The molecule has 0 spiro atoms. The van der Waals surface area contributed by atoms with Crippen molar-refractivity contribution in [3.8, 4) is 5.75 Å². The molecule has 0 aliphatic rings. The summed E-state index contributed by atoms with van der Waals surface area (Å²) in [7, 11) is 1.32. The van der Waals surface area contributed by atoms with Gasteiger partial charge in [-0.05, 0) is 25.5 Å². The normalized spacial score (nSPS) is 10.4. The molecule has 7 heteroatoms. The number of halogens is 1. The van der Waals surface area contributed by atoms with Crippen LogP contribution < -0.4 is 10.1 Å².